The van der Waals surface area contributed by atoms with Crippen molar-refractivity contribution in [2.24, 2.45) is 5.11 Å². The lowest BCUT2D eigenvalue weighted by Crippen LogP contribution is -2.48. The molecular weight excluding hydrogens is 374 g/mol. The molecule has 1 aromatic carbocycles. The van der Waals surface area contributed by atoms with Crippen molar-refractivity contribution < 1.29 is 18.3 Å². The smallest absolute Gasteiger partial charge is 0.408 e. The summed E-state index contributed by atoms with van der Waals surface area (Å²) in [6, 6.07) is 2.27. The lowest BCUT2D eigenvalue weighted by atomic mass is 9.91. The number of amides is 1. The molecule has 0 bridgehead atoms. The van der Waals surface area contributed by atoms with Crippen molar-refractivity contribution in [1.82, 2.24) is 5.32 Å². The fourth-order valence-electron chi connectivity index (χ4n) is 1.85. The van der Waals surface area contributed by atoms with Gasteiger partial charge in [0.15, 0.2) is 11.6 Å². The molecule has 0 saturated heterocycles. The maximum Gasteiger partial charge on any atom is 0.408 e. The first kappa shape index (κ1) is 19.2. The molecule has 1 atom stereocenters. The SMILES string of the molecule is CC(C)(C)OC(=O)N[C@@](C)(CN=[N+]=[N-])c1cc(Br)cc(F)c1F. The Kier molecular flexibility index (Phi) is 5.96. The number of hydrogen-bond acceptors (Lipinski definition) is 3. The Labute approximate surface area is 141 Å². The van der Waals surface area contributed by atoms with Crippen LogP contribution in [0.2, 0.25) is 0 Å². The van der Waals surface area contributed by atoms with Gasteiger partial charge in [0.25, 0.3) is 0 Å². The van der Waals surface area contributed by atoms with E-state index >= 15 is 0 Å². The number of alkyl carbamates (subject to hydrolysis) is 1. The zero-order valence-electron chi connectivity index (χ0n) is 13.2. The van der Waals surface area contributed by atoms with E-state index in [4.69, 9.17) is 10.3 Å². The summed E-state index contributed by atoms with van der Waals surface area (Å²) in [6.45, 7) is 6.08. The molecule has 1 amide bonds. The van der Waals surface area contributed by atoms with Crippen LogP contribution in [0, 0.1) is 11.6 Å². The Bertz CT molecular complexity index is 657. The highest BCUT2D eigenvalue weighted by Crippen LogP contribution is 2.29. The molecule has 1 rings (SSSR count). The highest BCUT2D eigenvalue weighted by molar-refractivity contribution is 9.10. The molecule has 0 spiro atoms. The molecule has 0 heterocycles. The van der Waals surface area contributed by atoms with Crippen LogP contribution in [-0.4, -0.2) is 18.2 Å². The van der Waals surface area contributed by atoms with Gasteiger partial charge in [0, 0.05) is 14.9 Å². The molecule has 0 radical (unpaired) electrons. The number of azide groups is 1. The number of benzene rings is 1. The highest BCUT2D eigenvalue weighted by Gasteiger charge is 2.34. The topological polar surface area (TPSA) is 87.1 Å². The van der Waals surface area contributed by atoms with E-state index < -0.39 is 28.9 Å². The predicted octanol–water partition coefficient (Wildman–Crippen LogP) is 4.78. The van der Waals surface area contributed by atoms with Crippen molar-refractivity contribution in [3.63, 3.8) is 0 Å². The van der Waals surface area contributed by atoms with E-state index in [1.165, 1.54) is 13.0 Å². The van der Waals surface area contributed by atoms with Crippen LogP contribution in [0.1, 0.15) is 33.3 Å². The number of carbonyl (C=O) groups is 1. The number of rotatable bonds is 4. The Hall–Kier alpha value is -1.86. The van der Waals surface area contributed by atoms with Crippen LogP contribution in [0.3, 0.4) is 0 Å². The van der Waals surface area contributed by atoms with Crippen molar-refractivity contribution in [3.05, 3.63) is 44.2 Å². The predicted molar refractivity (Wildman–Crippen MR) is 84.8 cm³/mol. The summed E-state index contributed by atoms with van der Waals surface area (Å²) < 4.78 is 33.2. The van der Waals surface area contributed by atoms with Crippen molar-refractivity contribution in [2.45, 2.75) is 38.8 Å². The minimum atomic E-state index is -1.48. The molecule has 0 aliphatic rings. The molecule has 0 fully saturated rings. The van der Waals surface area contributed by atoms with Crippen molar-refractivity contribution in [3.8, 4) is 0 Å². The molecule has 0 saturated carbocycles. The average molecular weight is 391 g/mol. The first-order valence-corrected chi connectivity index (χ1v) is 7.45. The molecule has 9 heteroatoms. The Morgan fingerprint density at radius 3 is 2.52 bits per heavy atom. The summed E-state index contributed by atoms with van der Waals surface area (Å²) in [7, 11) is 0. The van der Waals surface area contributed by atoms with Gasteiger partial charge < -0.3 is 10.1 Å². The first-order valence-electron chi connectivity index (χ1n) is 6.65. The van der Waals surface area contributed by atoms with E-state index in [0.29, 0.717) is 0 Å². The van der Waals surface area contributed by atoms with Crippen LogP contribution in [0.5, 0.6) is 0 Å². The van der Waals surface area contributed by atoms with Crippen molar-refractivity contribution >= 4 is 22.0 Å². The molecule has 0 unspecified atom stereocenters. The van der Waals surface area contributed by atoms with Gasteiger partial charge in [0.05, 0.1) is 12.1 Å². The molecule has 126 valence electrons. The molecule has 1 N–H and O–H groups in total. The molecule has 23 heavy (non-hydrogen) atoms. The van der Waals surface area contributed by atoms with Crippen LogP contribution in [0.15, 0.2) is 21.7 Å². The van der Waals surface area contributed by atoms with E-state index in [-0.39, 0.29) is 16.6 Å². The summed E-state index contributed by atoms with van der Waals surface area (Å²) in [4.78, 5) is 14.6. The van der Waals surface area contributed by atoms with Gasteiger partial charge in [-0.25, -0.2) is 13.6 Å². The minimum Gasteiger partial charge on any atom is -0.444 e. The maximum atomic E-state index is 14.2. The number of carbonyl (C=O) groups excluding carboxylic acids is 1. The molecule has 6 nitrogen and oxygen atoms in total. The van der Waals surface area contributed by atoms with E-state index in [2.05, 4.69) is 31.3 Å². The van der Waals surface area contributed by atoms with Gasteiger partial charge in [-0.05, 0) is 45.4 Å². The van der Waals surface area contributed by atoms with Gasteiger partial charge >= 0.3 is 6.09 Å². The molecule has 0 aromatic heterocycles. The van der Waals surface area contributed by atoms with Gasteiger partial charge in [0.2, 0.25) is 0 Å². The second kappa shape index (κ2) is 7.14. The van der Waals surface area contributed by atoms with Crippen LogP contribution >= 0.6 is 15.9 Å². The monoisotopic (exact) mass is 390 g/mol. The fraction of sp³-hybridized carbons (Fsp3) is 0.500. The fourth-order valence-corrected chi connectivity index (χ4v) is 2.28. The third-order valence-corrected chi connectivity index (χ3v) is 3.27. The molecule has 0 aliphatic heterocycles. The average Bonchev–Trinajstić information content (AvgIpc) is 2.38. The van der Waals surface area contributed by atoms with E-state index in [9.17, 15) is 13.6 Å². The molecule has 0 aliphatic carbocycles. The van der Waals surface area contributed by atoms with E-state index in [0.717, 1.165) is 6.07 Å². The van der Waals surface area contributed by atoms with Crippen molar-refractivity contribution in [2.75, 3.05) is 6.54 Å². The normalized spacial score (nSPS) is 13.7. The van der Waals surface area contributed by atoms with Gasteiger partial charge in [-0.2, -0.15) is 0 Å². The first-order chi connectivity index (χ1) is 10.5. The zero-order chi connectivity index (χ0) is 17.8. The standard InChI is InChI=1S/C14H17BrF2N4O2/c1-13(2,3)23-12(22)20-14(4,7-19-21-18)9-5-8(15)6-10(16)11(9)17/h5-6H,7H2,1-4H3,(H,20,22)/t14-/m0/s1. The van der Waals surface area contributed by atoms with Gasteiger partial charge in [-0.1, -0.05) is 21.0 Å². The van der Waals surface area contributed by atoms with Crippen LogP contribution in [-0.2, 0) is 10.3 Å². The second-order valence-corrected chi connectivity index (χ2v) is 7.01. The quantitative estimate of drug-likeness (QED) is 0.347. The Morgan fingerprint density at radius 2 is 2.00 bits per heavy atom. The van der Waals surface area contributed by atoms with Gasteiger partial charge in [-0.15, -0.1) is 0 Å². The van der Waals surface area contributed by atoms with Gasteiger partial charge in [-0.3, -0.25) is 0 Å². The Balaban J connectivity index is 3.27. The maximum absolute atomic E-state index is 14.2. The number of halogens is 3. The Morgan fingerprint density at radius 1 is 1.39 bits per heavy atom. The number of ether oxygens (including phenoxy) is 1. The summed E-state index contributed by atoms with van der Waals surface area (Å²) in [5.74, 6) is -2.23. The minimum absolute atomic E-state index is 0.164. The number of hydrogen-bond donors (Lipinski definition) is 1. The van der Waals surface area contributed by atoms with Crippen LogP contribution < -0.4 is 5.32 Å². The summed E-state index contributed by atoms with van der Waals surface area (Å²) >= 11 is 3.07. The summed E-state index contributed by atoms with van der Waals surface area (Å²) in [5, 5.41) is 5.82. The summed E-state index contributed by atoms with van der Waals surface area (Å²) in [6.07, 6.45) is -0.840. The highest BCUT2D eigenvalue weighted by atomic mass is 79.9. The van der Waals surface area contributed by atoms with E-state index in [1.54, 1.807) is 20.8 Å². The third-order valence-electron chi connectivity index (χ3n) is 2.81. The van der Waals surface area contributed by atoms with E-state index in [1.807, 2.05) is 0 Å². The summed E-state index contributed by atoms with van der Waals surface area (Å²) in [5.41, 5.74) is 6.09. The largest absolute Gasteiger partial charge is 0.444 e. The van der Waals surface area contributed by atoms with Crippen molar-refractivity contribution in [1.29, 1.82) is 0 Å². The lowest BCUT2D eigenvalue weighted by Gasteiger charge is -2.31. The van der Waals surface area contributed by atoms with Gasteiger partial charge in [0.1, 0.15) is 5.60 Å². The zero-order valence-corrected chi connectivity index (χ0v) is 14.7. The number of nitrogens with zero attached hydrogens (tertiary/aromatic N) is 3. The molecule has 1 aromatic rings. The van der Waals surface area contributed by atoms with Crippen LogP contribution in [0.25, 0.3) is 10.4 Å². The second-order valence-electron chi connectivity index (χ2n) is 6.10. The molecular formula is C14H17BrF2N4O2. The van der Waals surface area contributed by atoms with Crippen LogP contribution in [0.4, 0.5) is 13.6 Å². The lowest BCUT2D eigenvalue weighted by molar-refractivity contribution is 0.0463. The number of nitrogens with one attached hydrogen (secondary N) is 1. The third kappa shape index (κ3) is 5.37.